The molecule has 1 nitrogen and oxygen atoms in total. The van der Waals surface area contributed by atoms with E-state index in [1.54, 1.807) is 0 Å². The Morgan fingerprint density at radius 3 is 2.36 bits per heavy atom. The topological polar surface area (TPSA) is 9.23 Å². The highest BCUT2D eigenvalue weighted by Crippen LogP contribution is 1.98. The molecule has 0 radical (unpaired) electrons. The van der Waals surface area contributed by atoms with Crippen molar-refractivity contribution in [2.24, 2.45) is 0 Å². The minimum Gasteiger partial charge on any atom is -0.394 e. The maximum atomic E-state index is 5.58. The smallest absolute Gasteiger partial charge is 0.258 e. The highest BCUT2D eigenvalue weighted by molar-refractivity contribution is 6.10. The molecule has 3 heteroatoms. The van der Waals surface area contributed by atoms with E-state index in [0.29, 0.717) is 4.97 Å². The summed E-state index contributed by atoms with van der Waals surface area (Å²) in [6.45, 7) is 5.39. The molecule has 0 aromatic carbocycles. The second-order valence-corrected chi connectivity index (χ2v) is 4.11. The van der Waals surface area contributed by atoms with E-state index in [2.05, 4.69) is 13.8 Å². The van der Waals surface area contributed by atoms with E-state index in [-0.39, 0.29) is 12.4 Å². The van der Waals surface area contributed by atoms with E-state index in [9.17, 15) is 0 Å². The minimum atomic E-state index is 0. The van der Waals surface area contributed by atoms with Crippen molar-refractivity contribution in [3.05, 3.63) is 0 Å². The Morgan fingerprint density at radius 2 is 1.91 bits per heavy atom. The Morgan fingerprint density at radius 1 is 1.27 bits per heavy atom. The molecule has 0 aliphatic carbocycles. The molecule has 0 heterocycles. The molecule has 0 amide bonds. The minimum absolute atomic E-state index is 0. The normalized spacial score (nSPS) is 12.2. The van der Waals surface area contributed by atoms with Crippen molar-refractivity contribution in [2.45, 2.75) is 44.5 Å². The molecule has 0 aromatic heterocycles. The van der Waals surface area contributed by atoms with Crippen LogP contribution in [0, 0.1) is 0 Å². The Labute approximate surface area is 84.7 Å². The quantitative estimate of drug-likeness (QED) is 0.464. The summed E-state index contributed by atoms with van der Waals surface area (Å²) in [6, 6.07) is 0. The lowest BCUT2D eigenvalue weighted by atomic mass is 10.3. The molecule has 0 bridgehead atoms. The van der Waals surface area contributed by atoms with Crippen LogP contribution in [-0.4, -0.2) is 27.9 Å². The molecule has 0 aromatic rings. The van der Waals surface area contributed by atoms with Gasteiger partial charge >= 0.3 is 0 Å². The second kappa shape index (κ2) is 10.8. The van der Waals surface area contributed by atoms with Gasteiger partial charge in [-0.05, 0) is 17.8 Å². The van der Waals surface area contributed by atoms with Crippen LogP contribution >= 0.6 is 12.4 Å². The van der Waals surface area contributed by atoms with Crippen molar-refractivity contribution in [3.8, 4) is 0 Å². The van der Waals surface area contributed by atoms with Gasteiger partial charge in [0.15, 0.2) is 0 Å². The van der Waals surface area contributed by atoms with Crippen LogP contribution in [0.3, 0.4) is 0 Å². The fraction of sp³-hybridized carbons (Fsp3) is 1.00. The molecule has 0 rings (SSSR count). The van der Waals surface area contributed by atoms with E-state index in [4.69, 9.17) is 4.74 Å². The van der Waals surface area contributed by atoms with Crippen molar-refractivity contribution in [1.82, 2.24) is 0 Å². The monoisotopic (exact) mass is 194 g/mol. The molecule has 0 aliphatic heterocycles. The van der Waals surface area contributed by atoms with Crippen LogP contribution in [-0.2, 0) is 4.74 Å². The van der Waals surface area contributed by atoms with E-state index >= 15 is 0 Å². The summed E-state index contributed by atoms with van der Waals surface area (Å²) >= 11 is 1.19. The van der Waals surface area contributed by atoms with Gasteiger partial charge in [0.25, 0.3) is 16.3 Å². The summed E-state index contributed by atoms with van der Waals surface area (Å²) in [5.74, 6) is 0. The van der Waals surface area contributed by atoms with E-state index in [0.717, 1.165) is 6.61 Å². The first-order valence-corrected chi connectivity index (χ1v) is 5.58. The van der Waals surface area contributed by atoms with Crippen molar-refractivity contribution < 1.29 is 4.74 Å². The number of ether oxygens (including phenoxy) is 1. The molecule has 11 heavy (non-hydrogen) atoms. The van der Waals surface area contributed by atoms with Crippen LogP contribution in [0.2, 0.25) is 0 Å². The van der Waals surface area contributed by atoms with Gasteiger partial charge in [-0.15, -0.1) is 12.4 Å². The van der Waals surface area contributed by atoms with Crippen LogP contribution in [0.4, 0.5) is 0 Å². The number of halogens is 1. The Bertz CT molecular complexity index is 71.1. The summed E-state index contributed by atoms with van der Waals surface area (Å²) in [5, 5.41) is 0. The Balaban J connectivity index is 0. The molecule has 0 spiro atoms. The Kier molecular flexibility index (Phi) is 14.0. The number of rotatable bonds is 6. The molecule has 0 saturated heterocycles. The molecule has 1 unspecified atom stereocenters. The van der Waals surface area contributed by atoms with Crippen LogP contribution in [0.25, 0.3) is 0 Å². The van der Waals surface area contributed by atoms with Crippen molar-refractivity contribution in [2.75, 3.05) is 6.61 Å². The predicted octanol–water partition coefficient (Wildman–Crippen LogP) is 1.98. The van der Waals surface area contributed by atoms with E-state index < -0.39 is 0 Å². The van der Waals surface area contributed by atoms with Crippen molar-refractivity contribution >= 4 is 28.7 Å². The largest absolute Gasteiger partial charge is 0.394 e. The average molecular weight is 195 g/mol. The maximum absolute atomic E-state index is 5.58. The number of hydrogen-bond donors (Lipinski definition) is 0. The van der Waals surface area contributed by atoms with Gasteiger partial charge in [-0.1, -0.05) is 26.7 Å². The van der Waals surface area contributed by atoms with Gasteiger partial charge in [0.1, 0.15) is 0 Å². The lowest BCUT2D eigenvalue weighted by molar-refractivity contribution is 0.0984. The molecule has 1 atom stereocenters. The molecular formula is C8H20AlClO. The van der Waals surface area contributed by atoms with Gasteiger partial charge in [0.05, 0.1) is 0 Å². The van der Waals surface area contributed by atoms with Gasteiger partial charge < -0.3 is 4.74 Å². The fourth-order valence-corrected chi connectivity index (χ4v) is 1.73. The predicted molar refractivity (Wildman–Crippen MR) is 55.3 cm³/mol. The van der Waals surface area contributed by atoms with Gasteiger partial charge in [-0.3, -0.25) is 0 Å². The van der Waals surface area contributed by atoms with Gasteiger partial charge in [0.2, 0.25) is 0 Å². The molecular weight excluding hydrogens is 175 g/mol. The van der Waals surface area contributed by atoms with Gasteiger partial charge in [-0.2, -0.15) is 0 Å². The number of hydrogen-bond acceptors (Lipinski definition) is 1. The first-order valence-electron chi connectivity index (χ1n) is 4.42. The maximum Gasteiger partial charge on any atom is 0.258 e. The van der Waals surface area contributed by atoms with Crippen LogP contribution in [0.5, 0.6) is 0 Å². The third-order valence-electron chi connectivity index (χ3n) is 1.60. The van der Waals surface area contributed by atoms with Crippen LogP contribution in [0.15, 0.2) is 0 Å². The van der Waals surface area contributed by atoms with Gasteiger partial charge in [-0.25, -0.2) is 0 Å². The molecule has 0 saturated carbocycles. The zero-order valence-corrected chi connectivity index (χ0v) is 10.7. The van der Waals surface area contributed by atoms with Crippen molar-refractivity contribution in [1.29, 1.82) is 0 Å². The van der Waals surface area contributed by atoms with Crippen LogP contribution in [0.1, 0.15) is 39.5 Å². The second-order valence-electron chi connectivity index (χ2n) is 2.82. The van der Waals surface area contributed by atoms with E-state index in [1.807, 2.05) is 0 Å². The lowest BCUT2D eigenvalue weighted by Crippen LogP contribution is -2.12. The highest BCUT2D eigenvalue weighted by atomic mass is 35.5. The van der Waals surface area contributed by atoms with Crippen molar-refractivity contribution in [3.63, 3.8) is 0 Å². The zero-order chi connectivity index (χ0) is 7.82. The Hall–Kier alpha value is 0.782. The first-order chi connectivity index (χ1) is 4.81. The molecule has 0 N–H and O–H groups in total. The standard InChI is InChI=1S/C8H17O.Al.ClH.2H/c1-3-5-7-9-8-6-4-2;;;;/h7H,3-6,8H2,1-2H3;;1H;;. The van der Waals surface area contributed by atoms with Gasteiger partial charge in [0, 0.05) is 6.61 Å². The number of unbranched alkanes of at least 4 members (excludes halogenated alkanes) is 1. The zero-order valence-electron chi connectivity index (χ0n) is 7.93. The highest BCUT2D eigenvalue weighted by Gasteiger charge is 1.98. The summed E-state index contributed by atoms with van der Waals surface area (Å²) < 4.78 is 5.58. The van der Waals surface area contributed by atoms with Crippen LogP contribution < -0.4 is 0 Å². The molecule has 68 valence electrons. The SMILES string of the molecule is CCCCO[CH]([AlH2])CCC.Cl. The molecule has 0 aliphatic rings. The molecule has 0 fully saturated rings. The average Bonchev–Trinajstić information content (AvgIpc) is 1.89. The summed E-state index contributed by atoms with van der Waals surface area (Å²) in [7, 11) is 0. The summed E-state index contributed by atoms with van der Waals surface area (Å²) in [5.41, 5.74) is 0. The fourth-order valence-electron chi connectivity index (χ4n) is 0.919. The summed E-state index contributed by atoms with van der Waals surface area (Å²) in [4.78, 5) is 0.608. The van der Waals surface area contributed by atoms with E-state index in [1.165, 1.54) is 42.0 Å². The first kappa shape index (κ1) is 14.3. The third kappa shape index (κ3) is 10.8. The third-order valence-corrected chi connectivity index (χ3v) is 2.51. The lowest BCUT2D eigenvalue weighted by Gasteiger charge is -2.10. The summed E-state index contributed by atoms with van der Waals surface area (Å²) in [6.07, 6.45) is 5.00.